The molecule has 0 aliphatic carbocycles. The van der Waals surface area contributed by atoms with Gasteiger partial charge in [-0.15, -0.1) is 11.8 Å². The SMILES string of the molecule is CSc1ccc2nc(N3CCN(c4cccc(C)c4)CC3)sc2c1. The number of nitrogens with zero attached hydrogens (tertiary/aromatic N) is 3. The molecule has 1 aromatic heterocycles. The predicted octanol–water partition coefficient (Wildman–Crippen LogP) is 4.65. The van der Waals surface area contributed by atoms with E-state index < -0.39 is 0 Å². The Labute approximate surface area is 151 Å². The summed E-state index contributed by atoms with van der Waals surface area (Å²) in [5.41, 5.74) is 3.78. The fourth-order valence-corrected chi connectivity index (χ4v) is 4.71. The first-order chi connectivity index (χ1) is 11.7. The smallest absolute Gasteiger partial charge is 0.186 e. The van der Waals surface area contributed by atoms with E-state index in [2.05, 4.69) is 65.4 Å². The Morgan fingerprint density at radius 1 is 1.00 bits per heavy atom. The average Bonchev–Trinajstić information content (AvgIpc) is 3.05. The van der Waals surface area contributed by atoms with Gasteiger partial charge in [-0.1, -0.05) is 23.5 Å². The van der Waals surface area contributed by atoms with Gasteiger partial charge in [-0.2, -0.15) is 0 Å². The molecule has 1 saturated heterocycles. The largest absolute Gasteiger partial charge is 0.368 e. The Hall–Kier alpha value is -1.72. The first-order valence-electron chi connectivity index (χ1n) is 8.24. The minimum absolute atomic E-state index is 1.03. The van der Waals surface area contributed by atoms with Crippen molar-refractivity contribution in [1.82, 2.24) is 4.98 Å². The van der Waals surface area contributed by atoms with Gasteiger partial charge in [0.1, 0.15) is 0 Å². The molecule has 0 spiro atoms. The van der Waals surface area contributed by atoms with Crippen molar-refractivity contribution in [1.29, 1.82) is 0 Å². The van der Waals surface area contributed by atoms with Crippen molar-refractivity contribution >= 4 is 44.1 Å². The molecule has 24 heavy (non-hydrogen) atoms. The monoisotopic (exact) mass is 355 g/mol. The van der Waals surface area contributed by atoms with Crippen LogP contribution in [-0.2, 0) is 0 Å². The summed E-state index contributed by atoms with van der Waals surface area (Å²) in [4.78, 5) is 11.0. The van der Waals surface area contributed by atoms with Gasteiger partial charge in [0.25, 0.3) is 0 Å². The number of hydrogen-bond donors (Lipinski definition) is 0. The Morgan fingerprint density at radius 3 is 2.54 bits per heavy atom. The molecule has 2 heterocycles. The number of hydrogen-bond acceptors (Lipinski definition) is 5. The minimum Gasteiger partial charge on any atom is -0.368 e. The summed E-state index contributed by atoms with van der Waals surface area (Å²) in [5, 5.41) is 1.16. The molecule has 1 aliphatic rings. The molecule has 3 nitrogen and oxygen atoms in total. The van der Waals surface area contributed by atoms with Gasteiger partial charge in [0.05, 0.1) is 10.2 Å². The quantitative estimate of drug-likeness (QED) is 0.637. The highest BCUT2D eigenvalue weighted by Gasteiger charge is 2.20. The lowest BCUT2D eigenvalue weighted by atomic mass is 10.2. The Kier molecular flexibility index (Phi) is 4.37. The summed E-state index contributed by atoms with van der Waals surface area (Å²) in [6.45, 7) is 6.32. The molecular weight excluding hydrogens is 334 g/mol. The fraction of sp³-hybridized carbons (Fsp3) is 0.316. The molecule has 5 heteroatoms. The van der Waals surface area contributed by atoms with Gasteiger partial charge in [-0.05, 0) is 49.1 Å². The Balaban J connectivity index is 1.49. The molecular formula is C19H21N3S2. The van der Waals surface area contributed by atoms with Crippen LogP contribution in [0.3, 0.4) is 0 Å². The second-order valence-corrected chi connectivity index (χ2v) is 8.03. The molecule has 0 bridgehead atoms. The molecule has 0 amide bonds. The lowest BCUT2D eigenvalue weighted by molar-refractivity contribution is 0.652. The van der Waals surface area contributed by atoms with Gasteiger partial charge in [-0.3, -0.25) is 0 Å². The van der Waals surface area contributed by atoms with Crippen LogP contribution in [0.5, 0.6) is 0 Å². The number of anilines is 2. The van der Waals surface area contributed by atoms with Gasteiger partial charge >= 0.3 is 0 Å². The number of piperazine rings is 1. The van der Waals surface area contributed by atoms with Crippen LogP contribution < -0.4 is 9.80 Å². The van der Waals surface area contributed by atoms with Crippen LogP contribution in [0.25, 0.3) is 10.2 Å². The van der Waals surface area contributed by atoms with Crippen LogP contribution in [0.15, 0.2) is 47.4 Å². The van der Waals surface area contributed by atoms with E-state index in [0.29, 0.717) is 0 Å². The van der Waals surface area contributed by atoms with Crippen molar-refractivity contribution in [3.63, 3.8) is 0 Å². The van der Waals surface area contributed by atoms with Crippen molar-refractivity contribution < 1.29 is 0 Å². The van der Waals surface area contributed by atoms with Crippen molar-refractivity contribution in [2.24, 2.45) is 0 Å². The summed E-state index contributed by atoms with van der Waals surface area (Å²) in [7, 11) is 0. The van der Waals surface area contributed by atoms with Crippen LogP contribution in [-0.4, -0.2) is 37.4 Å². The fourth-order valence-electron chi connectivity index (χ4n) is 3.14. The molecule has 0 N–H and O–H groups in total. The van der Waals surface area contributed by atoms with Gasteiger partial charge in [-0.25, -0.2) is 4.98 Å². The molecule has 1 aliphatic heterocycles. The normalized spacial score (nSPS) is 15.2. The predicted molar refractivity (Wildman–Crippen MR) is 107 cm³/mol. The summed E-state index contributed by atoms with van der Waals surface area (Å²) < 4.78 is 1.29. The minimum atomic E-state index is 1.03. The molecule has 1 fully saturated rings. The third kappa shape index (κ3) is 3.10. The van der Waals surface area contributed by atoms with E-state index in [1.165, 1.54) is 20.8 Å². The van der Waals surface area contributed by atoms with E-state index in [1.54, 1.807) is 11.8 Å². The van der Waals surface area contributed by atoms with Gasteiger partial charge < -0.3 is 9.80 Å². The highest BCUT2D eigenvalue weighted by Crippen LogP contribution is 2.32. The van der Waals surface area contributed by atoms with Gasteiger partial charge in [0, 0.05) is 36.8 Å². The summed E-state index contributed by atoms with van der Waals surface area (Å²) >= 11 is 3.60. The Morgan fingerprint density at radius 2 is 1.79 bits per heavy atom. The van der Waals surface area contributed by atoms with Crippen LogP contribution in [0, 0.1) is 6.92 Å². The number of thiazole rings is 1. The van der Waals surface area contributed by atoms with Crippen molar-refractivity contribution in [2.45, 2.75) is 11.8 Å². The maximum absolute atomic E-state index is 4.84. The number of rotatable bonds is 3. The van der Waals surface area contributed by atoms with Crippen LogP contribution in [0.1, 0.15) is 5.56 Å². The maximum atomic E-state index is 4.84. The van der Waals surface area contributed by atoms with Crippen molar-refractivity contribution in [3.8, 4) is 0 Å². The van der Waals surface area contributed by atoms with E-state index in [4.69, 9.17) is 4.98 Å². The topological polar surface area (TPSA) is 19.4 Å². The van der Waals surface area contributed by atoms with E-state index in [-0.39, 0.29) is 0 Å². The second-order valence-electron chi connectivity index (χ2n) is 6.14. The number of benzene rings is 2. The maximum Gasteiger partial charge on any atom is 0.186 e. The van der Waals surface area contributed by atoms with Crippen molar-refractivity contribution in [3.05, 3.63) is 48.0 Å². The summed E-state index contributed by atoms with van der Waals surface area (Å²) in [6, 6.07) is 15.3. The molecule has 0 saturated carbocycles. The lowest BCUT2D eigenvalue weighted by Crippen LogP contribution is -2.46. The highest BCUT2D eigenvalue weighted by atomic mass is 32.2. The molecule has 3 aromatic rings. The molecule has 0 atom stereocenters. The van der Waals surface area contributed by atoms with E-state index in [0.717, 1.165) is 36.8 Å². The van der Waals surface area contributed by atoms with Crippen molar-refractivity contribution in [2.75, 3.05) is 42.2 Å². The number of fused-ring (bicyclic) bond motifs is 1. The zero-order chi connectivity index (χ0) is 16.5. The van der Waals surface area contributed by atoms with Gasteiger partial charge in [0.2, 0.25) is 0 Å². The van der Waals surface area contributed by atoms with E-state index >= 15 is 0 Å². The van der Waals surface area contributed by atoms with Crippen LogP contribution >= 0.6 is 23.1 Å². The van der Waals surface area contributed by atoms with Crippen LogP contribution in [0.4, 0.5) is 10.8 Å². The first-order valence-corrected chi connectivity index (χ1v) is 10.3. The summed E-state index contributed by atoms with van der Waals surface area (Å²) in [6.07, 6.45) is 2.12. The average molecular weight is 356 g/mol. The summed E-state index contributed by atoms with van der Waals surface area (Å²) in [5.74, 6) is 0. The third-order valence-electron chi connectivity index (χ3n) is 4.50. The highest BCUT2D eigenvalue weighted by molar-refractivity contribution is 7.98. The van der Waals surface area contributed by atoms with E-state index in [9.17, 15) is 0 Å². The number of aromatic nitrogens is 1. The Bertz CT molecular complexity index is 851. The molecule has 2 aromatic carbocycles. The third-order valence-corrected chi connectivity index (χ3v) is 6.31. The lowest BCUT2D eigenvalue weighted by Gasteiger charge is -2.36. The number of thioether (sulfide) groups is 1. The second kappa shape index (κ2) is 6.65. The molecule has 124 valence electrons. The standard InChI is InChI=1S/C19H21N3S2/c1-14-4-3-5-15(12-14)21-8-10-22(11-9-21)19-20-17-7-6-16(23-2)13-18(17)24-19/h3-7,12-13H,8-11H2,1-2H3. The molecule has 0 radical (unpaired) electrons. The molecule has 0 unspecified atom stereocenters. The number of aryl methyl sites for hydroxylation is 1. The van der Waals surface area contributed by atoms with Gasteiger partial charge in [0.15, 0.2) is 5.13 Å². The van der Waals surface area contributed by atoms with E-state index in [1.807, 2.05) is 11.3 Å². The van der Waals surface area contributed by atoms with Crippen LogP contribution in [0.2, 0.25) is 0 Å². The zero-order valence-corrected chi connectivity index (χ0v) is 15.7. The first kappa shape index (κ1) is 15.8. The zero-order valence-electron chi connectivity index (χ0n) is 14.0. The molecule has 4 rings (SSSR count).